The molecule has 13 atom stereocenters. The van der Waals surface area contributed by atoms with Crippen molar-refractivity contribution in [3.05, 3.63) is 29.8 Å². The molecule has 3 aliphatic heterocycles. The molecule has 0 aliphatic carbocycles. The van der Waals surface area contributed by atoms with Crippen molar-refractivity contribution >= 4 is 41.4 Å². The average Bonchev–Trinajstić information content (AvgIpc) is 3.92. The fraction of sp³-hybridized carbons (Fsp3) is 0.740. The highest BCUT2D eigenvalue weighted by atomic mass is 16.3. The summed E-state index contributed by atoms with van der Waals surface area (Å²) in [7, 11) is 0. The minimum absolute atomic E-state index is 0.0338. The highest BCUT2D eigenvalue weighted by Crippen LogP contribution is 2.26. The number of nitrogens with zero attached hydrogens (tertiary/aromatic N) is 2. The van der Waals surface area contributed by atoms with Crippen molar-refractivity contribution in [2.75, 3.05) is 26.2 Å². The van der Waals surface area contributed by atoms with E-state index in [9.17, 15) is 64.2 Å². The Morgan fingerprint density at radius 2 is 1.44 bits per heavy atom. The number of hydrogen-bond acceptors (Lipinski definition) is 14. The van der Waals surface area contributed by atoms with Crippen molar-refractivity contribution in [1.29, 1.82) is 0 Å². The number of hydrogen-bond donors (Lipinski definition) is 12. The first kappa shape index (κ1) is 58.6. The number of aliphatic hydroxyl groups excluding tert-OH is 5. The summed E-state index contributed by atoms with van der Waals surface area (Å²) in [5.74, 6) is -4.74. The van der Waals surface area contributed by atoms with Gasteiger partial charge in [-0.25, -0.2) is 0 Å². The fourth-order valence-electron chi connectivity index (χ4n) is 9.73. The summed E-state index contributed by atoms with van der Waals surface area (Å²) in [6.07, 6.45) is 0.951. The third-order valence-electron chi connectivity index (χ3n) is 14.1. The van der Waals surface area contributed by atoms with Crippen LogP contribution in [0.5, 0.6) is 5.75 Å². The Bertz CT molecular complexity index is 1910. The second-order valence-electron chi connectivity index (χ2n) is 20.1. The molecule has 0 saturated carbocycles. The number of phenols is 1. The van der Waals surface area contributed by atoms with Crippen LogP contribution in [0.4, 0.5) is 0 Å². The summed E-state index contributed by atoms with van der Waals surface area (Å²) in [5.41, 5.74) is 5.96. The van der Waals surface area contributed by atoms with Crippen LogP contribution in [0.2, 0.25) is 0 Å². The summed E-state index contributed by atoms with van der Waals surface area (Å²) in [5, 5.41) is 78.1. The molecular formula is C50H82N8O13. The maximum atomic E-state index is 14.3. The number of benzene rings is 1. The van der Waals surface area contributed by atoms with Crippen molar-refractivity contribution < 1.29 is 64.2 Å². The van der Waals surface area contributed by atoms with Gasteiger partial charge >= 0.3 is 0 Å². The van der Waals surface area contributed by atoms with Gasteiger partial charge in [-0.1, -0.05) is 77.8 Å². The van der Waals surface area contributed by atoms with E-state index in [0.717, 1.165) is 47.8 Å². The van der Waals surface area contributed by atoms with E-state index >= 15 is 0 Å². The number of nitrogens with two attached hydrogens (primary N) is 1. The lowest BCUT2D eigenvalue weighted by molar-refractivity contribution is -0.146. The Balaban J connectivity index is 1.60. The first-order valence-corrected chi connectivity index (χ1v) is 25.7. The molecule has 0 aromatic heterocycles. The van der Waals surface area contributed by atoms with Gasteiger partial charge in [0.15, 0.2) is 0 Å². The molecule has 4 rings (SSSR count). The topological polar surface area (TPSA) is 334 Å². The van der Waals surface area contributed by atoms with Crippen molar-refractivity contribution in [3.63, 3.8) is 0 Å². The van der Waals surface area contributed by atoms with E-state index in [1.54, 1.807) is 0 Å². The van der Waals surface area contributed by atoms with E-state index in [0.29, 0.717) is 12.3 Å². The summed E-state index contributed by atoms with van der Waals surface area (Å²) >= 11 is 0. The molecule has 3 saturated heterocycles. The second-order valence-corrected chi connectivity index (χ2v) is 20.1. The molecule has 1 aromatic carbocycles. The predicted octanol–water partition coefficient (Wildman–Crippen LogP) is -0.128. The highest BCUT2D eigenvalue weighted by molar-refractivity contribution is 5.98. The zero-order valence-corrected chi connectivity index (χ0v) is 42.0. The van der Waals surface area contributed by atoms with Gasteiger partial charge < -0.3 is 72.8 Å². The molecule has 6 unspecified atom stereocenters. The minimum atomic E-state index is -1.77. The van der Waals surface area contributed by atoms with Crippen molar-refractivity contribution in [3.8, 4) is 5.75 Å². The number of phenolic OH excluding ortho intramolecular Hbond substituents is 1. The molecule has 71 heavy (non-hydrogen) atoms. The Labute approximate surface area is 417 Å². The maximum absolute atomic E-state index is 14.3. The largest absolute Gasteiger partial charge is 0.508 e. The fourth-order valence-corrected chi connectivity index (χ4v) is 9.73. The molecule has 3 heterocycles. The van der Waals surface area contributed by atoms with Crippen LogP contribution in [0.25, 0.3) is 0 Å². The Kier molecular flexibility index (Phi) is 23.9. The number of carbonyl (C=O) groups is 7. The van der Waals surface area contributed by atoms with Gasteiger partial charge in [-0.3, -0.25) is 33.6 Å². The molecule has 21 nitrogen and oxygen atoms in total. The minimum Gasteiger partial charge on any atom is -0.508 e. The van der Waals surface area contributed by atoms with Gasteiger partial charge in [0.1, 0.15) is 42.0 Å². The molecule has 21 heteroatoms. The van der Waals surface area contributed by atoms with Crippen LogP contribution in [0.3, 0.4) is 0 Å². The molecular weight excluding hydrogens is 921 g/mol. The quantitative estimate of drug-likeness (QED) is 0.0758. The lowest BCUT2D eigenvalue weighted by Crippen LogP contribution is -2.62. The molecule has 3 fully saturated rings. The SMILES string of the molecule is CCC(C)CC(C)CCCCCCCCC(=O)NC1CCCNC(=O)[C@@H]2[C@@H](O)CCN2C(=O)C([C@H](O)CCN)NC(=O)[C@H](C[C@@H](O)c2ccc(O)cc2)NC(=O)C2C[C@@H](O)CN2C(=O)C([C@@H](C)O)NC1=O. The van der Waals surface area contributed by atoms with E-state index in [1.807, 2.05) is 0 Å². The molecule has 0 spiro atoms. The van der Waals surface area contributed by atoms with Gasteiger partial charge in [0, 0.05) is 38.9 Å². The monoisotopic (exact) mass is 1000 g/mol. The number of nitrogens with one attached hydrogen (secondary N) is 5. The van der Waals surface area contributed by atoms with Gasteiger partial charge in [0.05, 0.1) is 30.5 Å². The highest BCUT2D eigenvalue weighted by Gasteiger charge is 2.47. The lowest BCUT2D eigenvalue weighted by atomic mass is 9.91. The standard InChI is InChI=1S/C50H82N8O13/c1-5-29(2)25-30(3)13-10-8-6-7-9-11-15-41(65)53-35-14-12-23-52-48(69)44-39(63)21-24-57(44)50(71)43(38(62)20-22-51)56-46(67)36(27-40(64)32-16-18-33(60)19-17-32)54-47(68)37-26-34(61)28-58(37)49(70)42(31(4)59)55-45(35)66/h16-19,29-31,34-40,42-44,59-64H,5-15,20-28,51H2,1-4H3,(H,52,69)(H,53,65)(H,54,68)(H,55,66)(H,56,67)/t29?,30?,31-,34-,35?,36+,37?,38-,39+,40-,42?,43?,44+/m1/s1. The van der Waals surface area contributed by atoms with E-state index in [4.69, 9.17) is 5.73 Å². The maximum Gasteiger partial charge on any atom is 0.248 e. The first-order chi connectivity index (χ1) is 33.7. The zero-order valence-electron chi connectivity index (χ0n) is 42.0. The number of amides is 7. The molecule has 7 amide bonds. The number of carbonyl (C=O) groups excluding carboxylic acids is 7. The van der Waals surface area contributed by atoms with Gasteiger partial charge in [-0.05, 0) is 81.5 Å². The smallest absolute Gasteiger partial charge is 0.248 e. The van der Waals surface area contributed by atoms with Crippen LogP contribution in [-0.4, -0.2) is 169 Å². The third kappa shape index (κ3) is 17.7. The van der Waals surface area contributed by atoms with Gasteiger partial charge in [0.2, 0.25) is 41.4 Å². The van der Waals surface area contributed by atoms with E-state index in [-0.39, 0.29) is 69.5 Å². The van der Waals surface area contributed by atoms with E-state index in [1.165, 1.54) is 50.5 Å². The molecule has 13 N–H and O–H groups in total. The predicted molar refractivity (Wildman–Crippen MR) is 261 cm³/mol. The summed E-state index contributed by atoms with van der Waals surface area (Å²) in [4.78, 5) is 100. The number of rotatable bonds is 20. The Morgan fingerprint density at radius 3 is 2.10 bits per heavy atom. The first-order valence-electron chi connectivity index (χ1n) is 25.7. The molecule has 0 radical (unpaired) electrons. The Hall–Kier alpha value is -4.93. The third-order valence-corrected chi connectivity index (χ3v) is 14.1. The average molecular weight is 1000 g/mol. The number of fused-ring (bicyclic) bond motifs is 2. The molecule has 0 bridgehead atoms. The lowest BCUT2D eigenvalue weighted by Gasteiger charge is -2.33. The molecule has 400 valence electrons. The van der Waals surface area contributed by atoms with Crippen LogP contribution in [-0.2, 0) is 33.6 Å². The summed E-state index contributed by atoms with van der Waals surface area (Å²) in [6, 6.07) is -4.04. The van der Waals surface area contributed by atoms with Gasteiger partial charge in [-0.2, -0.15) is 0 Å². The number of aromatic hydroxyl groups is 1. The van der Waals surface area contributed by atoms with Crippen LogP contribution in [0, 0.1) is 11.8 Å². The molecule has 3 aliphatic rings. The van der Waals surface area contributed by atoms with Crippen LogP contribution in [0.15, 0.2) is 24.3 Å². The van der Waals surface area contributed by atoms with Crippen molar-refractivity contribution in [1.82, 2.24) is 36.4 Å². The van der Waals surface area contributed by atoms with Crippen LogP contribution in [0.1, 0.15) is 142 Å². The van der Waals surface area contributed by atoms with Crippen LogP contribution >= 0.6 is 0 Å². The van der Waals surface area contributed by atoms with E-state index < -0.39 is 121 Å². The van der Waals surface area contributed by atoms with Crippen molar-refractivity contribution in [2.45, 2.75) is 197 Å². The number of aliphatic hydroxyl groups is 5. The van der Waals surface area contributed by atoms with Crippen LogP contribution < -0.4 is 32.3 Å². The Morgan fingerprint density at radius 1 is 0.789 bits per heavy atom. The zero-order chi connectivity index (χ0) is 52.4. The van der Waals surface area contributed by atoms with E-state index in [2.05, 4.69) is 47.4 Å². The number of unbranched alkanes of at least 4 members (excludes halogenated alkanes) is 5. The molecule has 1 aromatic rings. The van der Waals surface area contributed by atoms with Gasteiger partial charge in [-0.15, -0.1) is 0 Å². The summed E-state index contributed by atoms with van der Waals surface area (Å²) in [6.45, 7) is 7.25. The normalized spacial score (nSPS) is 27.5. The van der Waals surface area contributed by atoms with Gasteiger partial charge in [0.25, 0.3) is 0 Å². The second kappa shape index (κ2) is 28.9. The van der Waals surface area contributed by atoms with Crippen molar-refractivity contribution in [2.24, 2.45) is 17.6 Å². The summed E-state index contributed by atoms with van der Waals surface area (Å²) < 4.78 is 0.